The number of H-pyrrole nitrogens is 3. The molecule has 0 atom stereocenters. The summed E-state index contributed by atoms with van der Waals surface area (Å²) in [7, 11) is 0. The minimum atomic E-state index is -0.338. The van der Waals surface area contributed by atoms with Crippen molar-refractivity contribution < 1.29 is 0 Å². The maximum absolute atomic E-state index is 13.2. The maximum Gasteiger partial charge on any atom is 0.331 e. The van der Waals surface area contributed by atoms with Crippen molar-refractivity contribution in [3.63, 3.8) is 0 Å². The number of para-hydroxylation sites is 2. The second-order valence-corrected chi connectivity index (χ2v) is 7.66. The van der Waals surface area contributed by atoms with Crippen LogP contribution in [-0.4, -0.2) is 26.1 Å². The monoisotopic (exact) mass is 410 g/mol. The number of nitrogens with two attached hydrogens (primary N) is 1. The van der Waals surface area contributed by atoms with E-state index in [2.05, 4.69) is 21.0 Å². The molecule has 0 fully saturated rings. The van der Waals surface area contributed by atoms with Crippen LogP contribution in [0.3, 0.4) is 0 Å². The van der Waals surface area contributed by atoms with Crippen LogP contribution in [0, 0.1) is 18.3 Å². The van der Waals surface area contributed by atoms with E-state index in [9.17, 15) is 10.1 Å². The lowest BCUT2D eigenvalue weighted by Crippen LogP contribution is -2.17. The number of aromatic amines is 3. The van der Waals surface area contributed by atoms with Crippen LogP contribution in [-0.2, 0) is 6.42 Å². The van der Waals surface area contributed by atoms with Crippen LogP contribution in [0.1, 0.15) is 23.5 Å². The first-order chi connectivity index (χ1) is 15.1. The summed E-state index contributed by atoms with van der Waals surface area (Å²) in [5.74, 6) is 0. The van der Waals surface area contributed by atoms with Gasteiger partial charge in [0.1, 0.15) is 6.07 Å². The summed E-state index contributed by atoms with van der Waals surface area (Å²) in [5, 5.41) is 12.0. The van der Waals surface area contributed by atoms with E-state index in [1.54, 1.807) is 0 Å². The summed E-state index contributed by atoms with van der Waals surface area (Å²) in [6.45, 7) is 2.49. The van der Waals surface area contributed by atoms with Crippen LogP contribution in [0.2, 0.25) is 0 Å². The van der Waals surface area contributed by atoms with Crippen molar-refractivity contribution in [2.24, 2.45) is 5.73 Å². The smallest absolute Gasteiger partial charge is 0.331 e. The Morgan fingerprint density at radius 2 is 1.68 bits per heavy atom. The van der Waals surface area contributed by atoms with E-state index in [-0.39, 0.29) is 11.4 Å². The summed E-state index contributed by atoms with van der Waals surface area (Å²) >= 11 is 0. The number of benzene rings is 2. The molecular weight excluding hydrogens is 388 g/mol. The molecule has 7 nitrogen and oxygen atoms in total. The second-order valence-electron chi connectivity index (χ2n) is 7.66. The second kappa shape index (κ2) is 7.35. The standard InChI is InChI=1S/C24H22N6O/c1-14-21(15-7-2-4-9-17(15)27-14)22-20(13-26)30(24(31)29-22)23-16-8-3-5-10-18(16)28-19(23)11-6-12-25/h2-5,7-10,27-28H,6,11-12,25H2,1H3,(H,29,31). The van der Waals surface area contributed by atoms with Gasteiger partial charge in [-0.2, -0.15) is 5.26 Å². The van der Waals surface area contributed by atoms with Crippen LogP contribution >= 0.6 is 0 Å². The summed E-state index contributed by atoms with van der Waals surface area (Å²) in [6, 6.07) is 18.0. The Labute approximate surface area is 178 Å². The largest absolute Gasteiger partial charge is 0.358 e. The average Bonchev–Trinajstić information content (AvgIpc) is 3.41. The van der Waals surface area contributed by atoms with E-state index in [0.29, 0.717) is 24.3 Å². The molecule has 5 aromatic rings. The van der Waals surface area contributed by atoms with Crippen LogP contribution in [0.4, 0.5) is 0 Å². The molecular formula is C24H22N6O. The van der Waals surface area contributed by atoms with Gasteiger partial charge in [0.2, 0.25) is 0 Å². The van der Waals surface area contributed by atoms with Crippen molar-refractivity contribution in [2.75, 3.05) is 6.54 Å². The minimum absolute atomic E-state index is 0.289. The molecule has 0 amide bonds. The van der Waals surface area contributed by atoms with E-state index < -0.39 is 0 Å². The molecule has 2 aromatic carbocycles. The fourth-order valence-corrected chi connectivity index (χ4v) is 4.43. The lowest BCUT2D eigenvalue weighted by Gasteiger charge is -2.07. The summed E-state index contributed by atoms with van der Waals surface area (Å²) < 4.78 is 1.50. The highest BCUT2D eigenvalue weighted by Gasteiger charge is 2.24. The number of nitriles is 1. The van der Waals surface area contributed by atoms with Gasteiger partial charge in [0.05, 0.1) is 11.4 Å². The van der Waals surface area contributed by atoms with Gasteiger partial charge in [0.15, 0.2) is 5.69 Å². The Bertz CT molecular complexity index is 1520. The van der Waals surface area contributed by atoms with Gasteiger partial charge in [-0.05, 0) is 38.4 Å². The molecule has 5 rings (SSSR count). The van der Waals surface area contributed by atoms with E-state index in [1.165, 1.54) is 4.57 Å². The van der Waals surface area contributed by atoms with E-state index in [1.807, 2.05) is 55.5 Å². The highest BCUT2D eigenvalue weighted by Crippen LogP contribution is 2.34. The van der Waals surface area contributed by atoms with Crippen molar-refractivity contribution in [1.29, 1.82) is 5.26 Å². The normalized spacial score (nSPS) is 11.4. The molecule has 0 unspecified atom stereocenters. The molecule has 0 saturated carbocycles. The van der Waals surface area contributed by atoms with Gasteiger partial charge in [0.25, 0.3) is 0 Å². The van der Waals surface area contributed by atoms with Crippen molar-refractivity contribution in [1.82, 2.24) is 19.5 Å². The van der Waals surface area contributed by atoms with Gasteiger partial charge in [-0.25, -0.2) is 9.36 Å². The summed E-state index contributed by atoms with van der Waals surface area (Å²) in [5.41, 5.74) is 11.4. The van der Waals surface area contributed by atoms with Gasteiger partial charge in [-0.15, -0.1) is 0 Å². The third-order valence-electron chi connectivity index (χ3n) is 5.75. The van der Waals surface area contributed by atoms with Gasteiger partial charge in [-0.3, -0.25) is 0 Å². The molecule has 0 saturated heterocycles. The zero-order chi connectivity index (χ0) is 21.5. The van der Waals surface area contributed by atoms with Crippen LogP contribution in [0.15, 0.2) is 53.3 Å². The van der Waals surface area contributed by atoms with Crippen molar-refractivity contribution in [3.05, 3.63) is 76.1 Å². The van der Waals surface area contributed by atoms with Crippen LogP contribution < -0.4 is 11.4 Å². The molecule has 0 aliphatic heterocycles. The summed E-state index contributed by atoms with van der Waals surface area (Å²) in [6.07, 6.45) is 1.46. The van der Waals surface area contributed by atoms with Crippen molar-refractivity contribution >= 4 is 21.8 Å². The Hall–Kier alpha value is -4.02. The first kappa shape index (κ1) is 19.0. The SMILES string of the molecule is Cc1[nH]c2ccccc2c1-c1[nH]c(=O)n(-c2c(CCCN)[nH]c3ccccc23)c1C#N. The lowest BCUT2D eigenvalue weighted by molar-refractivity contribution is 0.805. The Balaban J connectivity index is 1.82. The Kier molecular flexibility index (Phi) is 4.50. The Morgan fingerprint density at radius 1 is 1.00 bits per heavy atom. The van der Waals surface area contributed by atoms with Crippen molar-refractivity contribution in [2.45, 2.75) is 19.8 Å². The predicted octanol–water partition coefficient (Wildman–Crippen LogP) is 3.87. The highest BCUT2D eigenvalue weighted by atomic mass is 16.1. The maximum atomic E-state index is 13.2. The number of aryl methyl sites for hydroxylation is 2. The first-order valence-corrected chi connectivity index (χ1v) is 10.3. The molecule has 0 aliphatic rings. The fraction of sp³-hybridized carbons (Fsp3) is 0.167. The third-order valence-corrected chi connectivity index (χ3v) is 5.75. The predicted molar refractivity (Wildman–Crippen MR) is 122 cm³/mol. The number of fused-ring (bicyclic) bond motifs is 2. The molecule has 5 N–H and O–H groups in total. The summed E-state index contributed by atoms with van der Waals surface area (Å²) in [4.78, 5) is 23.0. The number of nitrogens with one attached hydrogen (secondary N) is 3. The molecule has 7 heteroatoms. The fourth-order valence-electron chi connectivity index (χ4n) is 4.43. The van der Waals surface area contributed by atoms with E-state index >= 15 is 0 Å². The number of hydrogen-bond acceptors (Lipinski definition) is 3. The van der Waals surface area contributed by atoms with Gasteiger partial charge >= 0.3 is 5.69 Å². The van der Waals surface area contributed by atoms with Crippen molar-refractivity contribution in [3.8, 4) is 23.0 Å². The molecule has 3 aromatic heterocycles. The van der Waals surface area contributed by atoms with Crippen LogP contribution in [0.25, 0.3) is 38.8 Å². The van der Waals surface area contributed by atoms with E-state index in [0.717, 1.165) is 45.2 Å². The molecule has 0 aliphatic carbocycles. The number of imidazole rings is 1. The zero-order valence-corrected chi connectivity index (χ0v) is 17.1. The number of aromatic nitrogens is 4. The number of rotatable bonds is 5. The van der Waals surface area contributed by atoms with E-state index in [4.69, 9.17) is 5.73 Å². The van der Waals surface area contributed by atoms with Gasteiger partial charge in [-0.1, -0.05) is 36.4 Å². The highest BCUT2D eigenvalue weighted by molar-refractivity contribution is 5.98. The molecule has 154 valence electrons. The van der Waals surface area contributed by atoms with Gasteiger partial charge in [0, 0.05) is 38.8 Å². The average molecular weight is 410 g/mol. The number of nitrogens with zero attached hydrogens (tertiary/aromatic N) is 2. The topological polar surface area (TPSA) is 119 Å². The van der Waals surface area contributed by atoms with Gasteiger partial charge < -0.3 is 20.7 Å². The molecule has 3 heterocycles. The minimum Gasteiger partial charge on any atom is -0.358 e. The quantitative estimate of drug-likeness (QED) is 0.352. The Morgan fingerprint density at radius 3 is 2.39 bits per heavy atom. The number of hydrogen-bond donors (Lipinski definition) is 4. The molecule has 31 heavy (non-hydrogen) atoms. The third kappa shape index (κ3) is 2.88. The zero-order valence-electron chi connectivity index (χ0n) is 17.1. The lowest BCUT2D eigenvalue weighted by atomic mass is 10.1. The molecule has 0 bridgehead atoms. The van der Waals surface area contributed by atoms with Crippen LogP contribution in [0.5, 0.6) is 0 Å². The molecule has 0 spiro atoms. The first-order valence-electron chi connectivity index (χ1n) is 10.3. The molecule has 0 radical (unpaired) electrons.